The van der Waals surface area contributed by atoms with Crippen molar-refractivity contribution >= 4 is 39.1 Å². The molecule has 0 saturated carbocycles. The summed E-state index contributed by atoms with van der Waals surface area (Å²) in [7, 11) is -0.760. The molecule has 0 N–H and O–H groups in total. The van der Waals surface area contributed by atoms with Crippen LogP contribution in [0.5, 0.6) is 11.5 Å². The number of amides is 2. The number of fused-ring (bicyclic) bond motifs is 1. The van der Waals surface area contributed by atoms with Gasteiger partial charge in [-0.15, -0.1) is 0 Å². The lowest BCUT2D eigenvalue weighted by atomic mass is 9.95. The van der Waals surface area contributed by atoms with Crippen LogP contribution in [0.1, 0.15) is 35.3 Å². The second kappa shape index (κ2) is 8.22. The monoisotopic (exact) mass is 492 g/mol. The molecule has 0 bridgehead atoms. The van der Waals surface area contributed by atoms with Gasteiger partial charge in [0.15, 0.2) is 11.5 Å². The molecule has 0 radical (unpaired) electrons. The van der Waals surface area contributed by atoms with Gasteiger partial charge >= 0.3 is 0 Å². The number of benzene rings is 2. The van der Waals surface area contributed by atoms with Crippen molar-refractivity contribution in [2.45, 2.75) is 26.8 Å². The topological polar surface area (TPSA) is 93.2 Å². The Labute approximate surface area is 198 Å². The summed E-state index contributed by atoms with van der Waals surface area (Å²) < 4.78 is 36.9. The van der Waals surface area contributed by atoms with Gasteiger partial charge in [0.25, 0.3) is 5.91 Å². The standard InChI is InChI=1S/C23H25ClN2O6S/c1-23(2)13-33(29,30)26(22(23)28)18-9-15(5-6-17(18)24)21(27)25-8-7-14-10-19(31-3)20(32-4)11-16(14)12-25/h5-6,9-11H,7-8,12-13H2,1-4H3. The van der Waals surface area contributed by atoms with Crippen LogP contribution in [0.3, 0.4) is 0 Å². The van der Waals surface area contributed by atoms with E-state index in [1.54, 1.807) is 33.0 Å². The van der Waals surface area contributed by atoms with Gasteiger partial charge in [0.2, 0.25) is 15.9 Å². The predicted octanol–water partition coefficient (Wildman–Crippen LogP) is 3.26. The van der Waals surface area contributed by atoms with Crippen LogP contribution in [0.2, 0.25) is 5.02 Å². The number of hydrogen-bond donors (Lipinski definition) is 0. The summed E-state index contributed by atoms with van der Waals surface area (Å²) in [5.74, 6) is 0.0535. The summed E-state index contributed by atoms with van der Waals surface area (Å²) in [6, 6.07) is 8.15. The molecule has 0 aliphatic carbocycles. The summed E-state index contributed by atoms with van der Waals surface area (Å²) >= 11 is 6.27. The quantitative estimate of drug-likeness (QED) is 0.650. The number of hydrogen-bond acceptors (Lipinski definition) is 6. The minimum atomic E-state index is -3.89. The van der Waals surface area contributed by atoms with Crippen LogP contribution in [0.4, 0.5) is 5.69 Å². The molecule has 2 heterocycles. The molecule has 2 aliphatic rings. The fourth-order valence-corrected chi connectivity index (χ4v) is 6.65. The normalized spacial score (nSPS) is 18.8. The van der Waals surface area contributed by atoms with Crippen LogP contribution in [-0.2, 0) is 27.8 Å². The molecule has 2 aromatic rings. The maximum Gasteiger partial charge on any atom is 0.254 e. The zero-order valence-electron chi connectivity index (χ0n) is 18.8. The third-order valence-electron chi connectivity index (χ3n) is 6.00. The number of ether oxygens (including phenoxy) is 2. The second-order valence-electron chi connectivity index (χ2n) is 8.83. The largest absolute Gasteiger partial charge is 0.493 e. The zero-order chi connectivity index (χ0) is 24.1. The third kappa shape index (κ3) is 4.04. The minimum Gasteiger partial charge on any atom is -0.493 e. The summed E-state index contributed by atoms with van der Waals surface area (Å²) in [5.41, 5.74) is 1.21. The highest BCUT2D eigenvalue weighted by Crippen LogP contribution is 2.40. The van der Waals surface area contributed by atoms with Crippen molar-refractivity contribution in [1.82, 2.24) is 4.90 Å². The van der Waals surface area contributed by atoms with Crippen molar-refractivity contribution in [3.8, 4) is 11.5 Å². The number of halogens is 1. The lowest BCUT2D eigenvalue weighted by Gasteiger charge is -2.30. The van der Waals surface area contributed by atoms with E-state index < -0.39 is 21.3 Å². The van der Waals surface area contributed by atoms with Crippen LogP contribution in [0.15, 0.2) is 30.3 Å². The fourth-order valence-electron chi connectivity index (χ4n) is 4.28. The minimum absolute atomic E-state index is 0.00177. The number of rotatable bonds is 4. The lowest BCUT2D eigenvalue weighted by Crippen LogP contribution is -2.36. The van der Waals surface area contributed by atoms with Crippen molar-refractivity contribution < 1.29 is 27.5 Å². The summed E-state index contributed by atoms with van der Waals surface area (Å²) in [5, 5.41) is 0.0852. The first kappa shape index (κ1) is 23.4. The Morgan fingerprint density at radius 3 is 2.27 bits per heavy atom. The average molecular weight is 493 g/mol. The Morgan fingerprint density at radius 1 is 1.06 bits per heavy atom. The van der Waals surface area contributed by atoms with Crippen LogP contribution in [0, 0.1) is 5.41 Å². The number of methoxy groups -OCH3 is 2. The van der Waals surface area contributed by atoms with E-state index in [4.69, 9.17) is 21.1 Å². The highest BCUT2D eigenvalue weighted by molar-refractivity contribution is 7.94. The van der Waals surface area contributed by atoms with Gasteiger partial charge in [-0.2, -0.15) is 0 Å². The molecule has 4 rings (SSSR count). The Balaban J connectivity index is 1.65. The molecule has 2 amide bonds. The molecular weight excluding hydrogens is 468 g/mol. The first-order chi connectivity index (χ1) is 15.5. The number of sulfonamides is 1. The van der Waals surface area contributed by atoms with Crippen molar-refractivity contribution in [3.63, 3.8) is 0 Å². The van der Waals surface area contributed by atoms with Crippen LogP contribution < -0.4 is 13.8 Å². The molecule has 2 aromatic carbocycles. The maximum absolute atomic E-state index is 13.3. The van der Waals surface area contributed by atoms with E-state index in [0.29, 0.717) is 31.0 Å². The van der Waals surface area contributed by atoms with E-state index in [0.717, 1.165) is 15.4 Å². The average Bonchev–Trinajstić information content (AvgIpc) is 2.94. The fraction of sp³-hybridized carbons (Fsp3) is 0.391. The van der Waals surface area contributed by atoms with Crippen LogP contribution in [0.25, 0.3) is 0 Å². The summed E-state index contributed by atoms with van der Waals surface area (Å²) in [4.78, 5) is 27.8. The molecule has 0 aromatic heterocycles. The molecule has 33 heavy (non-hydrogen) atoms. The zero-order valence-corrected chi connectivity index (χ0v) is 20.4. The first-order valence-corrected chi connectivity index (χ1v) is 12.4. The van der Waals surface area contributed by atoms with Crippen LogP contribution >= 0.6 is 11.6 Å². The molecule has 176 valence electrons. The van der Waals surface area contributed by atoms with E-state index in [1.807, 2.05) is 12.1 Å². The van der Waals surface area contributed by atoms with E-state index in [2.05, 4.69) is 0 Å². The Bertz CT molecular complexity index is 1260. The smallest absolute Gasteiger partial charge is 0.254 e. The molecular formula is C23H25ClN2O6S. The van der Waals surface area contributed by atoms with Crippen molar-refractivity contribution in [1.29, 1.82) is 0 Å². The number of nitrogens with zero attached hydrogens (tertiary/aromatic N) is 2. The van der Waals surface area contributed by atoms with E-state index >= 15 is 0 Å². The van der Waals surface area contributed by atoms with Crippen molar-refractivity contribution in [2.75, 3.05) is 30.8 Å². The highest BCUT2D eigenvalue weighted by Gasteiger charge is 2.50. The third-order valence-corrected chi connectivity index (χ3v) is 8.33. The van der Waals surface area contributed by atoms with E-state index in [-0.39, 0.29) is 27.9 Å². The van der Waals surface area contributed by atoms with E-state index in [9.17, 15) is 18.0 Å². The maximum atomic E-state index is 13.3. The van der Waals surface area contributed by atoms with Gasteiger partial charge in [-0.1, -0.05) is 11.6 Å². The Kier molecular flexibility index (Phi) is 5.82. The molecule has 10 heteroatoms. The van der Waals surface area contributed by atoms with Gasteiger partial charge < -0.3 is 14.4 Å². The van der Waals surface area contributed by atoms with Gasteiger partial charge in [0, 0.05) is 18.7 Å². The lowest BCUT2D eigenvalue weighted by molar-refractivity contribution is -0.123. The molecule has 0 atom stereocenters. The number of anilines is 1. The predicted molar refractivity (Wildman–Crippen MR) is 124 cm³/mol. The van der Waals surface area contributed by atoms with Gasteiger partial charge in [-0.05, 0) is 61.7 Å². The molecule has 1 saturated heterocycles. The van der Waals surface area contributed by atoms with E-state index in [1.165, 1.54) is 18.2 Å². The molecule has 8 nitrogen and oxygen atoms in total. The number of carbonyl (C=O) groups excluding carboxylic acids is 2. The van der Waals surface area contributed by atoms with Gasteiger partial charge in [0.1, 0.15) is 0 Å². The summed E-state index contributed by atoms with van der Waals surface area (Å²) in [6.07, 6.45) is 0.634. The van der Waals surface area contributed by atoms with Gasteiger partial charge in [0.05, 0.1) is 36.1 Å². The van der Waals surface area contributed by atoms with Gasteiger partial charge in [-0.3, -0.25) is 9.59 Å². The highest BCUT2D eigenvalue weighted by atomic mass is 35.5. The molecule has 0 spiro atoms. The van der Waals surface area contributed by atoms with Crippen molar-refractivity contribution in [2.24, 2.45) is 5.41 Å². The second-order valence-corrected chi connectivity index (χ2v) is 11.1. The van der Waals surface area contributed by atoms with Crippen LogP contribution in [-0.4, -0.2) is 51.6 Å². The summed E-state index contributed by atoms with van der Waals surface area (Å²) in [6.45, 7) is 3.99. The van der Waals surface area contributed by atoms with Gasteiger partial charge in [-0.25, -0.2) is 12.7 Å². The Hall–Kier alpha value is -2.78. The molecule has 0 unspecified atom stereocenters. The molecule has 2 aliphatic heterocycles. The molecule has 1 fully saturated rings. The Morgan fingerprint density at radius 2 is 1.70 bits per heavy atom. The van der Waals surface area contributed by atoms with Crippen molar-refractivity contribution in [3.05, 3.63) is 52.0 Å². The number of carbonyl (C=O) groups is 2. The first-order valence-electron chi connectivity index (χ1n) is 10.4. The SMILES string of the molecule is COc1cc2c(cc1OC)CN(C(=O)c1ccc(Cl)c(N3C(=O)C(C)(C)CS3(=O)=O)c1)CC2.